The van der Waals surface area contributed by atoms with Crippen LogP contribution in [-0.4, -0.2) is 34.3 Å². The third-order valence-corrected chi connectivity index (χ3v) is 8.24. The minimum absolute atomic E-state index is 0.00699. The van der Waals surface area contributed by atoms with E-state index >= 15 is 0 Å². The molecule has 3 aromatic rings. The molecule has 37 heavy (non-hydrogen) atoms. The maximum atomic E-state index is 13.8. The van der Waals surface area contributed by atoms with Gasteiger partial charge in [-0.1, -0.05) is 49.6 Å². The van der Waals surface area contributed by atoms with E-state index in [-0.39, 0.29) is 30.3 Å². The van der Waals surface area contributed by atoms with Gasteiger partial charge < -0.3 is 15.1 Å². The second kappa shape index (κ2) is 12.4. The van der Waals surface area contributed by atoms with E-state index in [0.717, 1.165) is 64.9 Å². The van der Waals surface area contributed by atoms with Crippen molar-refractivity contribution < 1.29 is 14.0 Å². The molecule has 4 rings (SSSR count). The lowest BCUT2D eigenvalue weighted by Gasteiger charge is -2.35. The minimum atomic E-state index is -0.303. The van der Waals surface area contributed by atoms with Crippen LogP contribution in [0.5, 0.6) is 0 Å². The van der Waals surface area contributed by atoms with Crippen molar-refractivity contribution in [1.82, 2.24) is 9.80 Å². The van der Waals surface area contributed by atoms with Crippen LogP contribution in [-0.2, 0) is 17.9 Å². The largest absolute Gasteiger partial charge is 0.332 e. The van der Waals surface area contributed by atoms with Crippen LogP contribution in [0.15, 0.2) is 53.9 Å². The molecule has 0 unspecified atom stereocenters. The molecule has 0 saturated heterocycles. The minimum Gasteiger partial charge on any atom is -0.332 e. The second-order valence-corrected chi connectivity index (χ2v) is 11.0. The van der Waals surface area contributed by atoms with E-state index in [1.54, 1.807) is 33.3 Å². The summed E-state index contributed by atoms with van der Waals surface area (Å²) in [5, 5.41) is 5.13. The Morgan fingerprint density at radius 1 is 0.919 bits per heavy atom. The zero-order valence-electron chi connectivity index (χ0n) is 21.9. The van der Waals surface area contributed by atoms with Crippen molar-refractivity contribution in [2.45, 2.75) is 72.0 Å². The van der Waals surface area contributed by atoms with Crippen molar-refractivity contribution in [2.75, 3.05) is 11.9 Å². The highest BCUT2D eigenvalue weighted by Gasteiger charge is 2.30. The first-order chi connectivity index (χ1) is 17.8. The van der Waals surface area contributed by atoms with Crippen molar-refractivity contribution in [3.05, 3.63) is 86.9 Å². The predicted octanol–water partition coefficient (Wildman–Crippen LogP) is 7.21. The lowest BCUT2D eigenvalue weighted by molar-refractivity contribution is -0.133. The summed E-state index contributed by atoms with van der Waals surface area (Å²) in [6.07, 6.45) is 5.06. The number of hydrogen-bond acceptors (Lipinski definition) is 3. The Labute approximate surface area is 223 Å². The smallest absolute Gasteiger partial charge is 0.322 e. The fourth-order valence-electron chi connectivity index (χ4n) is 4.98. The van der Waals surface area contributed by atoms with E-state index in [1.807, 2.05) is 50.4 Å². The molecule has 0 bridgehead atoms. The maximum absolute atomic E-state index is 13.8. The number of rotatable bonds is 8. The first-order valence-electron chi connectivity index (χ1n) is 13.0. The molecule has 1 heterocycles. The highest BCUT2D eigenvalue weighted by Crippen LogP contribution is 2.26. The summed E-state index contributed by atoms with van der Waals surface area (Å²) >= 11 is 1.62. The maximum Gasteiger partial charge on any atom is 0.322 e. The molecule has 1 aliphatic rings. The first-order valence-corrected chi connectivity index (χ1v) is 13.9. The van der Waals surface area contributed by atoms with Crippen molar-refractivity contribution in [2.24, 2.45) is 0 Å². The van der Waals surface area contributed by atoms with E-state index in [9.17, 15) is 14.0 Å². The average molecular weight is 522 g/mol. The lowest BCUT2D eigenvalue weighted by Crippen LogP contribution is -2.49. The Kier molecular flexibility index (Phi) is 8.98. The van der Waals surface area contributed by atoms with Gasteiger partial charge in [0.15, 0.2) is 0 Å². The molecule has 1 aromatic heterocycles. The third-order valence-electron chi connectivity index (χ3n) is 7.24. The summed E-state index contributed by atoms with van der Waals surface area (Å²) in [6.45, 7) is 6.81. The molecule has 0 radical (unpaired) electrons. The monoisotopic (exact) mass is 521 g/mol. The van der Waals surface area contributed by atoms with Crippen molar-refractivity contribution in [3.63, 3.8) is 0 Å². The molecule has 196 valence electrons. The number of nitrogens with zero attached hydrogens (tertiary/aromatic N) is 2. The lowest BCUT2D eigenvalue weighted by atomic mass is 9.94. The molecule has 3 amide bonds. The van der Waals surface area contributed by atoms with Crippen LogP contribution in [0.1, 0.15) is 59.2 Å². The van der Waals surface area contributed by atoms with E-state index in [1.165, 1.54) is 12.1 Å². The predicted molar refractivity (Wildman–Crippen MR) is 148 cm³/mol. The van der Waals surface area contributed by atoms with E-state index in [0.29, 0.717) is 13.1 Å². The van der Waals surface area contributed by atoms with Crippen LogP contribution in [0.2, 0.25) is 0 Å². The summed E-state index contributed by atoms with van der Waals surface area (Å²) in [4.78, 5) is 32.1. The zero-order valence-corrected chi connectivity index (χ0v) is 22.7. The first kappa shape index (κ1) is 26.9. The molecule has 0 spiro atoms. The van der Waals surface area contributed by atoms with Gasteiger partial charge in [-0.25, -0.2) is 9.18 Å². The van der Waals surface area contributed by atoms with Crippen molar-refractivity contribution >= 4 is 29.0 Å². The number of anilines is 1. The van der Waals surface area contributed by atoms with Crippen molar-refractivity contribution in [1.29, 1.82) is 0 Å². The van der Waals surface area contributed by atoms with Gasteiger partial charge in [-0.2, -0.15) is 0 Å². The fourth-order valence-corrected chi connectivity index (χ4v) is 5.90. The van der Waals surface area contributed by atoms with Crippen LogP contribution in [0.3, 0.4) is 0 Å². The van der Waals surface area contributed by atoms with Gasteiger partial charge >= 0.3 is 6.03 Å². The number of carbonyl (C=O) groups is 2. The highest BCUT2D eigenvalue weighted by molar-refractivity contribution is 7.10. The van der Waals surface area contributed by atoms with E-state index in [4.69, 9.17) is 0 Å². The molecule has 0 atom stereocenters. The van der Waals surface area contributed by atoms with Gasteiger partial charge in [0.25, 0.3) is 0 Å². The summed E-state index contributed by atoms with van der Waals surface area (Å²) in [5.74, 6) is -0.415. The molecule has 1 saturated carbocycles. The Hall–Kier alpha value is -3.19. The number of nitrogens with one attached hydrogen (secondary N) is 1. The summed E-state index contributed by atoms with van der Waals surface area (Å²) < 4.78 is 13.5. The Balaban J connectivity index is 1.58. The van der Waals surface area contributed by atoms with Gasteiger partial charge in [-0.15, -0.1) is 11.3 Å². The number of carbonyl (C=O) groups excluding carboxylic acids is 2. The summed E-state index contributed by atoms with van der Waals surface area (Å²) in [7, 11) is 0. The van der Waals surface area contributed by atoms with Crippen molar-refractivity contribution in [3.8, 4) is 0 Å². The average Bonchev–Trinajstić information content (AvgIpc) is 3.30. The summed E-state index contributed by atoms with van der Waals surface area (Å²) in [6, 6.07) is 14.0. The molecular weight excluding hydrogens is 485 g/mol. The number of halogens is 1. The molecule has 5 nitrogen and oxygen atoms in total. The number of thiophene rings is 1. The molecular formula is C30H36FN3O2S. The zero-order chi connectivity index (χ0) is 26.4. The van der Waals surface area contributed by atoms with Gasteiger partial charge in [0, 0.05) is 23.2 Å². The highest BCUT2D eigenvalue weighted by atomic mass is 32.1. The number of benzene rings is 2. The second-order valence-electron chi connectivity index (χ2n) is 10.0. The van der Waals surface area contributed by atoms with Crippen LogP contribution in [0, 0.1) is 26.6 Å². The number of para-hydroxylation sites is 1. The van der Waals surface area contributed by atoms with Gasteiger partial charge in [0.1, 0.15) is 12.4 Å². The van der Waals surface area contributed by atoms with Crippen LogP contribution >= 0.6 is 11.3 Å². The molecule has 1 N–H and O–H groups in total. The number of aryl methyl sites for hydroxylation is 3. The molecule has 1 aliphatic carbocycles. The standard InChI is InChI=1S/C30H36FN3O2S/c1-21-16-17-37-27(21)19-33(18-24-12-14-25(31)15-13-24)28(35)20-34(26-10-5-4-6-11-26)30(36)32-29-22(2)8-7-9-23(29)3/h7-9,12-17,26H,4-6,10-11,18-20H2,1-3H3,(H,32,36). The Bertz CT molecular complexity index is 1200. The van der Waals surface area contributed by atoms with Crippen LogP contribution in [0.25, 0.3) is 0 Å². The quantitative estimate of drug-likeness (QED) is 0.341. The third kappa shape index (κ3) is 6.98. The molecule has 0 aliphatic heterocycles. The normalized spacial score (nSPS) is 13.8. The molecule has 1 fully saturated rings. The van der Waals surface area contributed by atoms with E-state index < -0.39 is 0 Å². The fraction of sp³-hybridized carbons (Fsp3) is 0.400. The van der Waals surface area contributed by atoms with E-state index in [2.05, 4.69) is 5.32 Å². The number of urea groups is 1. The molecule has 2 aromatic carbocycles. The van der Waals surface area contributed by atoms with Gasteiger partial charge in [-0.05, 0) is 79.4 Å². The number of hydrogen-bond donors (Lipinski definition) is 1. The Morgan fingerprint density at radius 2 is 1.59 bits per heavy atom. The number of amides is 3. The van der Waals surface area contributed by atoms with Gasteiger partial charge in [0.05, 0.1) is 6.54 Å². The SMILES string of the molecule is Cc1ccsc1CN(Cc1ccc(F)cc1)C(=O)CN(C(=O)Nc1c(C)cccc1C)C1CCCCC1. The summed E-state index contributed by atoms with van der Waals surface area (Å²) in [5.41, 5.74) is 4.79. The van der Waals surface area contributed by atoms with Crippen LogP contribution in [0.4, 0.5) is 14.9 Å². The Morgan fingerprint density at radius 3 is 2.22 bits per heavy atom. The van der Waals surface area contributed by atoms with Gasteiger partial charge in [0.2, 0.25) is 5.91 Å². The molecule has 7 heteroatoms. The van der Waals surface area contributed by atoms with Gasteiger partial charge in [-0.3, -0.25) is 4.79 Å². The topological polar surface area (TPSA) is 52.7 Å². The van der Waals surface area contributed by atoms with Crippen LogP contribution < -0.4 is 5.32 Å².